The van der Waals surface area contributed by atoms with Crippen molar-refractivity contribution in [3.63, 3.8) is 0 Å². The van der Waals surface area contributed by atoms with E-state index in [4.69, 9.17) is 0 Å². The molecule has 0 fully saturated rings. The summed E-state index contributed by atoms with van der Waals surface area (Å²) < 4.78 is 2.59. The van der Waals surface area contributed by atoms with Gasteiger partial charge in [-0.25, -0.2) is 0 Å². The van der Waals surface area contributed by atoms with E-state index in [1.165, 1.54) is 165 Å². The summed E-state index contributed by atoms with van der Waals surface area (Å²) in [5.74, 6) is 0. The highest BCUT2D eigenvalue weighted by atomic mass is 32.1. The summed E-state index contributed by atoms with van der Waals surface area (Å²) in [5.41, 5.74) is 35.1. The van der Waals surface area contributed by atoms with Gasteiger partial charge in [0.15, 0.2) is 0 Å². The third-order valence-corrected chi connectivity index (χ3v) is 22.5. The minimum absolute atomic E-state index is 0.0633. The standard InChI is InChI=1S/C85H71BN2S2/c1-50-36-77-81-78(37-50)88(64-41-58(39-60(43-64)56-23-21-52-33-35-90-80(52)47-56)54-25-29-68-66-17-13-15-19-70(66)85(10,11)72(68)45-54)76-31-27-62(83(5,6)7)49-74(76)86(81)73-48-61(82(2,3)4)26-30-75(73)87(77)63-40-57(38-59(42-63)55-22-20-51-32-34-89-79(51)46-55)53-24-28-67-65-16-12-14-18-69(65)84(8,9)71(67)44-53/h12-49H,1-11H3. The molecule has 0 saturated carbocycles. The SMILES string of the molecule is Cc1cc2c3c(c1)N(c1cc(-c4ccc5c(c4)C(C)(C)c4ccccc4-5)cc(-c4ccc5ccsc5c4)c1)c1ccc(C(C)(C)C)cc1B3c1cc(C(C)(C)C)ccc1N2c1cc(-c2ccc3c(c2)C(C)(C)c2ccccc2-3)cc(-c2ccc3ccsc3c2)c1. The first-order valence-corrected chi connectivity index (χ1v) is 33.8. The quantitative estimate of drug-likeness (QED) is 0.153. The van der Waals surface area contributed by atoms with Crippen LogP contribution in [0.15, 0.2) is 229 Å². The Bertz CT molecular complexity index is 4890. The van der Waals surface area contributed by atoms with E-state index >= 15 is 0 Å². The second kappa shape index (κ2) is 19.5. The second-order valence-electron chi connectivity index (χ2n) is 29.1. The van der Waals surface area contributed by atoms with Gasteiger partial charge in [0.1, 0.15) is 0 Å². The average Bonchev–Trinajstić information content (AvgIpc) is 0.974. The maximum absolute atomic E-state index is 2.65. The summed E-state index contributed by atoms with van der Waals surface area (Å²) >= 11 is 3.63. The van der Waals surface area contributed by atoms with E-state index < -0.39 is 0 Å². The topological polar surface area (TPSA) is 6.48 Å². The lowest BCUT2D eigenvalue weighted by Crippen LogP contribution is -2.61. The summed E-state index contributed by atoms with van der Waals surface area (Å²) in [4.78, 5) is 5.29. The van der Waals surface area contributed by atoms with Gasteiger partial charge in [-0.1, -0.05) is 191 Å². The van der Waals surface area contributed by atoms with Crippen molar-refractivity contribution in [2.75, 3.05) is 9.80 Å². The number of hydrogen-bond donors (Lipinski definition) is 0. The van der Waals surface area contributed by atoms with Gasteiger partial charge >= 0.3 is 0 Å². The van der Waals surface area contributed by atoms with Gasteiger partial charge in [-0.15, -0.1) is 22.7 Å². The predicted molar refractivity (Wildman–Crippen MR) is 390 cm³/mol. The number of rotatable bonds is 6. The highest BCUT2D eigenvalue weighted by molar-refractivity contribution is 7.17. The molecule has 0 amide bonds. The Morgan fingerprint density at radius 3 is 1.16 bits per heavy atom. The maximum Gasteiger partial charge on any atom is 0.252 e. The van der Waals surface area contributed by atoms with E-state index in [0.29, 0.717) is 0 Å². The van der Waals surface area contributed by atoms with Crippen molar-refractivity contribution in [3.05, 3.63) is 268 Å². The molecule has 17 rings (SSSR count). The van der Waals surface area contributed by atoms with Crippen LogP contribution in [-0.2, 0) is 21.7 Å². The van der Waals surface area contributed by atoms with Crippen LogP contribution >= 0.6 is 22.7 Å². The van der Waals surface area contributed by atoms with Crippen LogP contribution in [0.25, 0.3) is 86.9 Å². The highest BCUT2D eigenvalue weighted by Crippen LogP contribution is 2.54. The van der Waals surface area contributed by atoms with Gasteiger partial charge in [0, 0.05) is 54.4 Å². The van der Waals surface area contributed by atoms with Crippen molar-refractivity contribution in [1.82, 2.24) is 0 Å². The van der Waals surface area contributed by atoms with Crippen LogP contribution in [0.4, 0.5) is 34.1 Å². The smallest absolute Gasteiger partial charge is 0.252 e. The molecule has 5 heteroatoms. The van der Waals surface area contributed by atoms with E-state index in [2.05, 4.69) is 315 Å². The predicted octanol–water partition coefficient (Wildman–Crippen LogP) is 22.4. The molecule has 2 aliphatic carbocycles. The van der Waals surface area contributed by atoms with Crippen molar-refractivity contribution in [1.29, 1.82) is 0 Å². The summed E-state index contributed by atoms with van der Waals surface area (Å²) in [5, 5.41) is 6.99. The lowest BCUT2D eigenvalue weighted by Gasteiger charge is -2.45. The van der Waals surface area contributed by atoms with Crippen LogP contribution in [0.5, 0.6) is 0 Å². The molecule has 2 nitrogen and oxygen atoms in total. The fourth-order valence-corrected chi connectivity index (χ4v) is 17.5. The van der Waals surface area contributed by atoms with Crippen molar-refractivity contribution >= 4 is 100 Å². The molecule has 0 N–H and O–H groups in total. The molecule has 13 aromatic rings. The minimum atomic E-state index is -0.142. The van der Waals surface area contributed by atoms with Crippen LogP contribution in [0.3, 0.4) is 0 Å². The Morgan fingerprint density at radius 1 is 0.344 bits per heavy atom. The molecule has 4 aliphatic rings. The molecule has 0 spiro atoms. The Morgan fingerprint density at radius 2 is 0.733 bits per heavy atom. The number of fused-ring (bicyclic) bond motifs is 12. The first-order chi connectivity index (χ1) is 43.2. The van der Waals surface area contributed by atoms with E-state index in [1.807, 2.05) is 22.7 Å². The van der Waals surface area contributed by atoms with E-state index in [1.54, 1.807) is 0 Å². The number of benzene rings is 11. The lowest BCUT2D eigenvalue weighted by atomic mass is 9.33. The summed E-state index contributed by atoms with van der Waals surface area (Å²) in [7, 11) is 0. The van der Waals surface area contributed by atoms with Crippen LogP contribution in [0, 0.1) is 6.92 Å². The Labute approximate surface area is 538 Å². The molecule has 11 aromatic carbocycles. The zero-order valence-corrected chi connectivity index (χ0v) is 54.9. The van der Waals surface area contributed by atoms with Crippen molar-refractivity contribution in [3.8, 4) is 66.8 Å². The molecule has 4 heterocycles. The first kappa shape index (κ1) is 55.1. The molecule has 0 unspecified atom stereocenters. The highest BCUT2D eigenvalue weighted by Gasteiger charge is 2.45. The van der Waals surface area contributed by atoms with Crippen LogP contribution in [0.2, 0.25) is 0 Å². The van der Waals surface area contributed by atoms with E-state index in [-0.39, 0.29) is 28.4 Å². The average molecular weight is 1200 g/mol. The van der Waals surface area contributed by atoms with Crippen LogP contribution in [-0.4, -0.2) is 6.71 Å². The monoisotopic (exact) mass is 1190 g/mol. The number of aryl methyl sites for hydroxylation is 1. The fraction of sp³-hybridized carbons (Fsp3) is 0.176. The van der Waals surface area contributed by atoms with Crippen LogP contribution in [0.1, 0.15) is 108 Å². The van der Waals surface area contributed by atoms with Crippen LogP contribution < -0.4 is 26.2 Å². The summed E-state index contributed by atoms with van der Waals surface area (Å²) in [6, 6.07) is 85.7. The zero-order chi connectivity index (χ0) is 61.5. The molecule has 2 aliphatic heterocycles. The fourth-order valence-electron chi connectivity index (χ4n) is 15.8. The van der Waals surface area contributed by atoms with E-state index in [9.17, 15) is 0 Å². The van der Waals surface area contributed by atoms with Crippen molar-refractivity contribution < 1.29 is 0 Å². The second-order valence-corrected chi connectivity index (χ2v) is 31.0. The Hall–Kier alpha value is -9.00. The number of thiophene rings is 2. The molecule has 0 atom stereocenters. The van der Waals surface area contributed by atoms with Gasteiger partial charge in [-0.05, 0) is 258 Å². The molecule has 90 heavy (non-hydrogen) atoms. The Kier molecular flexibility index (Phi) is 11.9. The van der Waals surface area contributed by atoms with Gasteiger partial charge in [-0.3, -0.25) is 0 Å². The molecular formula is C85H71BN2S2. The van der Waals surface area contributed by atoms with Gasteiger partial charge in [0.2, 0.25) is 0 Å². The maximum atomic E-state index is 2.65. The minimum Gasteiger partial charge on any atom is -0.311 e. The van der Waals surface area contributed by atoms with E-state index in [0.717, 1.165) is 11.4 Å². The van der Waals surface area contributed by atoms with Gasteiger partial charge in [-0.2, -0.15) is 0 Å². The zero-order valence-electron chi connectivity index (χ0n) is 53.2. The van der Waals surface area contributed by atoms with Crippen molar-refractivity contribution in [2.24, 2.45) is 0 Å². The molecule has 0 bridgehead atoms. The largest absolute Gasteiger partial charge is 0.311 e. The number of anilines is 6. The van der Waals surface area contributed by atoms with Gasteiger partial charge in [0.05, 0.1) is 0 Å². The van der Waals surface area contributed by atoms with Crippen molar-refractivity contribution in [2.45, 2.75) is 97.8 Å². The normalized spacial score (nSPS) is 14.7. The summed E-state index contributed by atoms with van der Waals surface area (Å²) in [6.07, 6.45) is 0. The third-order valence-electron chi connectivity index (χ3n) is 20.7. The van der Waals surface area contributed by atoms with Gasteiger partial charge < -0.3 is 9.80 Å². The Balaban J connectivity index is 0.928. The van der Waals surface area contributed by atoms with Gasteiger partial charge in [0.25, 0.3) is 6.71 Å². The molecule has 0 saturated heterocycles. The first-order valence-electron chi connectivity index (χ1n) is 32.0. The molecule has 2 aromatic heterocycles. The molecular weight excluding hydrogens is 1120 g/mol. The molecule has 436 valence electrons. The number of nitrogens with zero attached hydrogens (tertiary/aromatic N) is 2. The molecule has 0 radical (unpaired) electrons. The number of hydrogen-bond acceptors (Lipinski definition) is 4. The summed E-state index contributed by atoms with van der Waals surface area (Å²) in [6.45, 7) is 26.0. The lowest BCUT2D eigenvalue weighted by molar-refractivity contribution is 0.590. The third kappa shape index (κ3) is 8.42.